The van der Waals surface area contributed by atoms with Gasteiger partial charge in [-0.25, -0.2) is 4.99 Å². The molecule has 2 aliphatic rings. The lowest BCUT2D eigenvalue weighted by atomic mass is 9.94. The smallest absolute Gasteiger partial charge is 0.267 e. The lowest BCUT2D eigenvalue weighted by Crippen LogP contribution is -2.40. The number of rotatable bonds is 8. The van der Waals surface area contributed by atoms with Gasteiger partial charge in [-0.05, 0) is 54.8 Å². The van der Waals surface area contributed by atoms with Gasteiger partial charge in [-0.3, -0.25) is 9.69 Å². The maximum Gasteiger partial charge on any atom is 0.267 e. The van der Waals surface area contributed by atoms with E-state index in [4.69, 9.17) is 14.5 Å². The van der Waals surface area contributed by atoms with Gasteiger partial charge in [-0.1, -0.05) is 69.2 Å². The minimum atomic E-state index is 0.0159. The van der Waals surface area contributed by atoms with Gasteiger partial charge in [0.25, 0.3) is 5.91 Å². The number of amidine groups is 1. The van der Waals surface area contributed by atoms with Crippen LogP contribution in [0.1, 0.15) is 50.2 Å². The number of hydrogen-bond acceptors (Lipinski definition) is 5. The number of para-hydroxylation sites is 2. The van der Waals surface area contributed by atoms with Gasteiger partial charge in [0.2, 0.25) is 0 Å². The van der Waals surface area contributed by atoms with E-state index < -0.39 is 0 Å². The standard InChI is InChI=1S/C28H32N2O3S/c1-4-18-33-26-21(13-11-17-24(26)32-3)19-25-27(31)30(22-14-7-6-8-15-22)28(34-25)29-23-16-10-9-12-20(23)5-2/h4,9-13,16-17,19,22H,1,5-8,14-15,18H2,2-3H3/b25-19+,29-28?. The van der Waals surface area contributed by atoms with Crippen LogP contribution in [0, 0.1) is 0 Å². The molecule has 34 heavy (non-hydrogen) atoms. The summed E-state index contributed by atoms with van der Waals surface area (Å²) in [5.41, 5.74) is 2.91. The first-order chi connectivity index (χ1) is 16.7. The number of aliphatic imine (C=N–C) groups is 1. The van der Waals surface area contributed by atoms with Crippen LogP contribution in [-0.2, 0) is 11.2 Å². The van der Waals surface area contributed by atoms with Crippen molar-refractivity contribution in [1.29, 1.82) is 0 Å². The molecule has 1 saturated heterocycles. The summed E-state index contributed by atoms with van der Waals surface area (Å²) in [5, 5.41) is 0.764. The molecule has 1 aliphatic heterocycles. The van der Waals surface area contributed by atoms with Crippen molar-refractivity contribution in [3.05, 3.63) is 71.2 Å². The van der Waals surface area contributed by atoms with Crippen molar-refractivity contribution in [3.8, 4) is 11.5 Å². The molecule has 4 rings (SSSR count). The van der Waals surface area contributed by atoms with E-state index in [9.17, 15) is 4.79 Å². The fourth-order valence-corrected chi connectivity index (χ4v) is 5.54. The summed E-state index contributed by atoms with van der Waals surface area (Å²) < 4.78 is 11.4. The lowest BCUT2D eigenvalue weighted by molar-refractivity contribution is -0.124. The predicted octanol–water partition coefficient (Wildman–Crippen LogP) is 6.76. The van der Waals surface area contributed by atoms with E-state index >= 15 is 0 Å². The van der Waals surface area contributed by atoms with E-state index in [1.165, 1.54) is 23.7 Å². The van der Waals surface area contributed by atoms with E-state index in [1.54, 1.807) is 13.2 Å². The van der Waals surface area contributed by atoms with Crippen LogP contribution in [0.3, 0.4) is 0 Å². The average Bonchev–Trinajstić information content (AvgIpc) is 3.18. The molecule has 178 valence electrons. The number of thioether (sulfide) groups is 1. The van der Waals surface area contributed by atoms with Crippen LogP contribution in [0.25, 0.3) is 6.08 Å². The zero-order valence-corrected chi connectivity index (χ0v) is 20.8. The van der Waals surface area contributed by atoms with E-state index in [0.717, 1.165) is 48.5 Å². The molecule has 1 amide bonds. The second kappa shape index (κ2) is 11.4. The molecule has 0 aromatic heterocycles. The summed E-state index contributed by atoms with van der Waals surface area (Å²) >= 11 is 1.45. The first-order valence-corrected chi connectivity index (χ1v) is 12.8. The highest BCUT2D eigenvalue weighted by atomic mass is 32.2. The number of methoxy groups -OCH3 is 1. The van der Waals surface area contributed by atoms with E-state index in [0.29, 0.717) is 23.0 Å². The highest BCUT2D eigenvalue weighted by Gasteiger charge is 2.39. The number of carbonyl (C=O) groups excluding carboxylic acids is 1. The molecule has 2 aromatic rings. The molecular weight excluding hydrogens is 444 g/mol. The third-order valence-corrected chi connectivity index (χ3v) is 7.21. The van der Waals surface area contributed by atoms with Crippen molar-refractivity contribution in [2.45, 2.75) is 51.5 Å². The van der Waals surface area contributed by atoms with Gasteiger partial charge in [0, 0.05) is 11.6 Å². The highest BCUT2D eigenvalue weighted by molar-refractivity contribution is 8.18. The number of hydrogen-bond donors (Lipinski definition) is 0. The van der Waals surface area contributed by atoms with Crippen LogP contribution in [0.2, 0.25) is 0 Å². The number of nitrogens with zero attached hydrogens (tertiary/aromatic N) is 2. The monoisotopic (exact) mass is 476 g/mol. The van der Waals surface area contributed by atoms with E-state index in [-0.39, 0.29) is 11.9 Å². The lowest BCUT2D eigenvalue weighted by Gasteiger charge is -2.30. The third-order valence-electron chi connectivity index (χ3n) is 6.23. The normalized spacial score (nSPS) is 19.1. The van der Waals surface area contributed by atoms with E-state index in [1.807, 2.05) is 47.4 Å². The molecule has 0 atom stereocenters. The average molecular weight is 477 g/mol. The SMILES string of the molecule is C=CCOc1c(/C=C2/SC(=Nc3ccccc3CC)N(C3CCCCC3)C2=O)cccc1OC. The van der Waals surface area contributed by atoms with Crippen LogP contribution in [-0.4, -0.2) is 35.7 Å². The summed E-state index contributed by atoms with van der Waals surface area (Å²) in [7, 11) is 1.61. The molecule has 6 heteroatoms. The molecule has 1 aliphatic carbocycles. The minimum absolute atomic E-state index is 0.0159. The minimum Gasteiger partial charge on any atom is -0.493 e. The Labute approximate surface area is 206 Å². The fraction of sp³-hybridized carbons (Fsp3) is 0.357. The molecule has 2 aromatic carbocycles. The number of carbonyl (C=O) groups is 1. The Bertz CT molecular complexity index is 1100. The largest absolute Gasteiger partial charge is 0.493 e. The second-order valence-electron chi connectivity index (χ2n) is 8.43. The number of ether oxygens (including phenoxy) is 2. The highest BCUT2D eigenvalue weighted by Crippen LogP contribution is 2.41. The molecule has 1 saturated carbocycles. The molecule has 0 unspecified atom stereocenters. The quantitative estimate of drug-likeness (QED) is 0.312. The van der Waals surface area contributed by atoms with Gasteiger partial charge in [0.15, 0.2) is 16.7 Å². The van der Waals surface area contributed by atoms with Crippen LogP contribution in [0.15, 0.2) is 65.0 Å². The van der Waals surface area contributed by atoms with Crippen LogP contribution in [0.5, 0.6) is 11.5 Å². The summed E-state index contributed by atoms with van der Waals surface area (Å²) in [6.45, 7) is 6.22. The van der Waals surface area contributed by atoms with Gasteiger partial charge in [0.1, 0.15) is 6.61 Å². The van der Waals surface area contributed by atoms with Crippen molar-refractivity contribution >= 4 is 34.6 Å². The van der Waals surface area contributed by atoms with Gasteiger partial charge in [-0.15, -0.1) is 0 Å². The molecule has 0 bridgehead atoms. The maximum absolute atomic E-state index is 13.7. The maximum atomic E-state index is 13.7. The van der Waals surface area contributed by atoms with Crippen LogP contribution < -0.4 is 9.47 Å². The fourth-order valence-electron chi connectivity index (χ4n) is 4.49. The van der Waals surface area contributed by atoms with Gasteiger partial charge < -0.3 is 9.47 Å². The summed E-state index contributed by atoms with van der Waals surface area (Å²) in [5.74, 6) is 1.25. The molecule has 0 N–H and O–H groups in total. The van der Waals surface area contributed by atoms with Crippen LogP contribution >= 0.6 is 11.8 Å². The molecule has 1 heterocycles. The Morgan fingerprint density at radius 1 is 1.15 bits per heavy atom. The zero-order valence-electron chi connectivity index (χ0n) is 20.0. The van der Waals surface area contributed by atoms with Gasteiger partial charge in [-0.2, -0.15) is 0 Å². The summed E-state index contributed by atoms with van der Waals surface area (Å²) in [6.07, 6.45) is 10.0. The van der Waals surface area contributed by atoms with Crippen LogP contribution in [0.4, 0.5) is 5.69 Å². The Morgan fingerprint density at radius 2 is 1.94 bits per heavy atom. The Balaban J connectivity index is 1.75. The van der Waals surface area contributed by atoms with Crippen molar-refractivity contribution in [2.24, 2.45) is 4.99 Å². The Morgan fingerprint density at radius 3 is 2.68 bits per heavy atom. The van der Waals surface area contributed by atoms with Crippen molar-refractivity contribution < 1.29 is 14.3 Å². The molecule has 2 fully saturated rings. The first kappa shape index (κ1) is 24.1. The molecule has 5 nitrogen and oxygen atoms in total. The third kappa shape index (κ3) is 5.22. The first-order valence-electron chi connectivity index (χ1n) is 12.0. The number of amides is 1. The molecular formula is C28H32N2O3S. The Hall–Kier alpha value is -2.99. The zero-order chi connectivity index (χ0) is 23.9. The van der Waals surface area contributed by atoms with E-state index in [2.05, 4.69) is 19.6 Å². The molecule has 0 spiro atoms. The van der Waals surface area contributed by atoms with Crippen molar-refractivity contribution in [3.63, 3.8) is 0 Å². The molecule has 0 radical (unpaired) electrons. The number of benzene rings is 2. The number of aryl methyl sites for hydroxylation is 1. The second-order valence-corrected chi connectivity index (χ2v) is 9.44. The topological polar surface area (TPSA) is 51.1 Å². The van der Waals surface area contributed by atoms with Gasteiger partial charge in [0.05, 0.1) is 17.7 Å². The Kier molecular flexibility index (Phi) is 8.12. The summed E-state index contributed by atoms with van der Waals surface area (Å²) in [6, 6.07) is 14.1. The van der Waals surface area contributed by atoms with Crippen molar-refractivity contribution in [2.75, 3.05) is 13.7 Å². The summed E-state index contributed by atoms with van der Waals surface area (Å²) in [4.78, 5) is 21.3. The van der Waals surface area contributed by atoms with Crippen molar-refractivity contribution in [1.82, 2.24) is 4.90 Å². The predicted molar refractivity (Wildman–Crippen MR) is 141 cm³/mol. The van der Waals surface area contributed by atoms with Gasteiger partial charge >= 0.3 is 0 Å².